The van der Waals surface area contributed by atoms with Crippen molar-refractivity contribution < 1.29 is 75.4 Å². The summed E-state index contributed by atoms with van der Waals surface area (Å²) in [4.78, 5) is 20.7. The lowest BCUT2D eigenvalue weighted by atomic mass is 9.91. The van der Waals surface area contributed by atoms with Crippen LogP contribution in [0.15, 0.2) is 0 Å². The Balaban J connectivity index is 6.35. The third-order valence-electron chi connectivity index (χ3n) is 3.16. The van der Waals surface area contributed by atoms with Crippen molar-refractivity contribution in [2.45, 2.75) is 48.1 Å². The zero-order chi connectivity index (χ0) is 23.9. The molecule has 0 rings (SSSR count). The Morgan fingerprint density at radius 3 is 1.31 bits per heavy atom. The number of carbonyl (C=O) groups is 2. The van der Waals surface area contributed by atoms with Crippen LogP contribution < -0.4 is 5.32 Å². The highest BCUT2D eigenvalue weighted by Gasteiger charge is 2.94. The molecule has 0 aliphatic rings. The van der Waals surface area contributed by atoms with Crippen LogP contribution in [-0.2, 0) is 9.59 Å². The van der Waals surface area contributed by atoms with Gasteiger partial charge in [-0.3, -0.25) is 4.79 Å². The Labute approximate surface area is 149 Å². The number of carbonyl (C=O) groups excluding carboxylic acids is 2. The molecular formula is C11H6F15NO2. The lowest BCUT2D eigenvalue weighted by Gasteiger charge is -2.41. The maximum Gasteiger partial charge on any atom is 0.460 e. The van der Waals surface area contributed by atoms with E-state index in [9.17, 15) is 75.4 Å². The largest absolute Gasteiger partial charge is 0.460 e. The minimum absolute atomic E-state index is 0.140. The smallest absolute Gasteiger partial charge is 0.350 e. The summed E-state index contributed by atoms with van der Waals surface area (Å²) < 4.78 is 192. The number of rotatable bonds is 9. The number of aldehydes is 1. The number of alkyl halides is 15. The molecule has 0 saturated carbocycles. The fourth-order valence-corrected chi connectivity index (χ4v) is 1.46. The van der Waals surface area contributed by atoms with E-state index in [4.69, 9.17) is 0 Å². The Kier molecular flexibility index (Phi) is 6.92. The molecule has 1 N–H and O–H groups in total. The highest BCUT2D eigenvalue weighted by Crippen LogP contribution is 2.62. The van der Waals surface area contributed by atoms with Crippen LogP contribution in [0.4, 0.5) is 65.9 Å². The van der Waals surface area contributed by atoms with Gasteiger partial charge in [0.2, 0.25) is 0 Å². The molecule has 0 radical (unpaired) electrons. The molecule has 0 aromatic rings. The van der Waals surface area contributed by atoms with Crippen molar-refractivity contribution in [3.8, 4) is 0 Å². The molecule has 172 valence electrons. The van der Waals surface area contributed by atoms with Gasteiger partial charge in [-0.2, -0.15) is 65.9 Å². The summed E-state index contributed by atoms with van der Waals surface area (Å²) in [6.45, 7) is -1.27. The van der Waals surface area contributed by atoms with E-state index < -0.39 is 60.6 Å². The van der Waals surface area contributed by atoms with Crippen LogP contribution >= 0.6 is 0 Å². The molecule has 18 heteroatoms. The van der Waals surface area contributed by atoms with Gasteiger partial charge in [0.25, 0.3) is 5.91 Å². The monoisotopic (exact) mass is 469 g/mol. The fraction of sp³-hybridized carbons (Fsp3) is 0.818. The molecule has 0 unspecified atom stereocenters. The van der Waals surface area contributed by atoms with Crippen molar-refractivity contribution in [3.63, 3.8) is 0 Å². The minimum Gasteiger partial charge on any atom is -0.350 e. The summed E-state index contributed by atoms with van der Waals surface area (Å²) in [5.74, 6) is -51.7. The van der Waals surface area contributed by atoms with Gasteiger partial charge in [-0.25, -0.2) is 0 Å². The van der Waals surface area contributed by atoms with Crippen LogP contribution in [0, 0.1) is 0 Å². The van der Waals surface area contributed by atoms with E-state index in [-0.39, 0.29) is 6.29 Å². The average Bonchev–Trinajstić information content (AvgIpc) is 2.52. The molecule has 0 aliphatic heterocycles. The van der Waals surface area contributed by atoms with Crippen LogP contribution in [0.1, 0.15) is 6.42 Å². The number of hydrogen-bond donors (Lipinski definition) is 1. The van der Waals surface area contributed by atoms with Gasteiger partial charge >= 0.3 is 41.7 Å². The number of amides is 1. The predicted octanol–water partition coefficient (Wildman–Crippen LogP) is 4.07. The number of hydrogen-bond acceptors (Lipinski definition) is 2. The summed E-state index contributed by atoms with van der Waals surface area (Å²) in [5.41, 5.74) is 0. The van der Waals surface area contributed by atoms with Crippen LogP contribution in [0.3, 0.4) is 0 Å². The fourth-order valence-electron chi connectivity index (χ4n) is 1.46. The van der Waals surface area contributed by atoms with Crippen molar-refractivity contribution in [3.05, 3.63) is 0 Å². The zero-order valence-electron chi connectivity index (χ0n) is 13.0. The molecule has 29 heavy (non-hydrogen) atoms. The van der Waals surface area contributed by atoms with Crippen LogP contribution in [0.5, 0.6) is 0 Å². The van der Waals surface area contributed by atoms with Gasteiger partial charge in [-0.05, 0) is 0 Å². The first kappa shape index (κ1) is 27.1. The number of halogens is 15. The molecule has 0 aromatic heterocycles. The SMILES string of the molecule is O=CCCNC(=O)C(F)(F)C(F)(F)C(F)(F)C(F)(F)C(F)(F)C(F)(F)C(F)(F)F. The molecule has 0 aromatic carbocycles. The van der Waals surface area contributed by atoms with Crippen molar-refractivity contribution in [2.24, 2.45) is 0 Å². The van der Waals surface area contributed by atoms with Gasteiger partial charge in [0.15, 0.2) is 0 Å². The predicted molar refractivity (Wildman–Crippen MR) is 59.4 cm³/mol. The average molecular weight is 469 g/mol. The van der Waals surface area contributed by atoms with E-state index in [1.807, 2.05) is 0 Å². The first-order chi connectivity index (χ1) is 12.5. The van der Waals surface area contributed by atoms with E-state index in [0.29, 0.717) is 5.32 Å². The van der Waals surface area contributed by atoms with E-state index in [2.05, 4.69) is 0 Å². The quantitative estimate of drug-likeness (QED) is 0.315. The summed E-state index contributed by atoms with van der Waals surface area (Å²) in [6, 6.07) is 0. The Hall–Kier alpha value is -1.91. The van der Waals surface area contributed by atoms with E-state index in [0.717, 1.165) is 0 Å². The lowest BCUT2D eigenvalue weighted by molar-refractivity contribution is -0.449. The van der Waals surface area contributed by atoms with Crippen LogP contribution in [-0.4, -0.2) is 60.4 Å². The molecule has 1 amide bonds. The van der Waals surface area contributed by atoms with Gasteiger partial charge in [0, 0.05) is 13.0 Å². The molecule has 0 heterocycles. The summed E-state index contributed by atoms with van der Waals surface area (Å²) in [7, 11) is 0. The highest BCUT2D eigenvalue weighted by molar-refractivity contribution is 5.85. The second-order valence-electron chi connectivity index (χ2n) is 5.16. The summed E-state index contributed by atoms with van der Waals surface area (Å²) in [6.07, 6.45) is -8.74. The van der Waals surface area contributed by atoms with Crippen LogP contribution in [0.25, 0.3) is 0 Å². The molecule has 0 spiro atoms. The highest BCUT2D eigenvalue weighted by atomic mass is 19.4. The van der Waals surface area contributed by atoms with Crippen molar-refractivity contribution >= 4 is 12.2 Å². The molecule has 0 bridgehead atoms. The van der Waals surface area contributed by atoms with Gasteiger partial charge < -0.3 is 10.1 Å². The molecule has 3 nitrogen and oxygen atoms in total. The van der Waals surface area contributed by atoms with E-state index >= 15 is 0 Å². The molecule has 0 saturated heterocycles. The first-order valence-corrected chi connectivity index (χ1v) is 6.54. The molecule has 0 aliphatic carbocycles. The van der Waals surface area contributed by atoms with Crippen LogP contribution in [0.2, 0.25) is 0 Å². The summed E-state index contributed by atoms with van der Waals surface area (Å²) in [5, 5.41) is 0.653. The van der Waals surface area contributed by atoms with E-state index in [1.165, 1.54) is 0 Å². The Morgan fingerprint density at radius 2 is 0.966 bits per heavy atom. The Bertz CT molecular complexity index is 624. The van der Waals surface area contributed by atoms with Gasteiger partial charge in [0.05, 0.1) is 0 Å². The third-order valence-corrected chi connectivity index (χ3v) is 3.16. The second kappa shape index (κ2) is 7.41. The lowest BCUT2D eigenvalue weighted by Crippen LogP contribution is -2.74. The number of nitrogens with one attached hydrogen (secondary N) is 1. The molecular weight excluding hydrogens is 463 g/mol. The second-order valence-corrected chi connectivity index (χ2v) is 5.16. The zero-order valence-corrected chi connectivity index (χ0v) is 13.0. The summed E-state index contributed by atoms with van der Waals surface area (Å²) >= 11 is 0. The maximum atomic E-state index is 13.3. The van der Waals surface area contributed by atoms with E-state index in [1.54, 1.807) is 0 Å². The molecule has 0 fully saturated rings. The van der Waals surface area contributed by atoms with Gasteiger partial charge in [-0.1, -0.05) is 0 Å². The van der Waals surface area contributed by atoms with Crippen molar-refractivity contribution in [1.29, 1.82) is 0 Å². The topological polar surface area (TPSA) is 46.2 Å². The Morgan fingerprint density at radius 1 is 0.621 bits per heavy atom. The normalized spacial score (nSPS) is 15.3. The maximum absolute atomic E-state index is 13.3. The standard InChI is InChI=1S/C11H6F15NO2/c12-5(13,4(29)27-2-1-3-28)6(14,15)7(16,17)8(18,19)9(20,21)10(22,23)11(24,25)26/h3H,1-2H2,(H,27,29). The molecule has 0 atom stereocenters. The third kappa shape index (κ3) is 3.80. The minimum atomic E-state index is -8.45. The van der Waals surface area contributed by atoms with Crippen molar-refractivity contribution in [2.75, 3.05) is 6.54 Å². The van der Waals surface area contributed by atoms with Gasteiger partial charge in [-0.15, -0.1) is 0 Å². The first-order valence-electron chi connectivity index (χ1n) is 6.54. The van der Waals surface area contributed by atoms with Gasteiger partial charge in [0.1, 0.15) is 6.29 Å². The van der Waals surface area contributed by atoms with Crippen molar-refractivity contribution in [1.82, 2.24) is 5.32 Å².